The van der Waals surface area contributed by atoms with E-state index in [1.54, 1.807) is 6.42 Å². The van der Waals surface area contributed by atoms with Crippen LogP contribution in [0.5, 0.6) is 0 Å². The summed E-state index contributed by atoms with van der Waals surface area (Å²) in [6.07, 6.45) is 1.56. The van der Waals surface area contributed by atoms with Crippen LogP contribution in [0.2, 0.25) is 0 Å². The van der Waals surface area contributed by atoms with E-state index in [4.69, 9.17) is 0 Å². The Morgan fingerprint density at radius 3 is 2.12 bits per heavy atom. The average molecular weight is 110 g/mol. The fraction of sp³-hybridized carbons (Fsp3) is 1.00. The van der Waals surface area contributed by atoms with Crippen molar-refractivity contribution < 1.29 is 4.48 Å². The minimum absolute atomic E-state index is 0.889. The Morgan fingerprint density at radius 2 is 2.12 bits per heavy atom. The van der Waals surface area contributed by atoms with E-state index in [1.165, 1.54) is 22.9 Å². The third-order valence-electron chi connectivity index (χ3n) is 3.83. The van der Waals surface area contributed by atoms with Crippen molar-refractivity contribution >= 4 is 0 Å². The molecule has 0 amide bonds. The van der Waals surface area contributed by atoms with Crippen molar-refractivity contribution in [1.29, 1.82) is 0 Å². The molecule has 0 aromatic rings. The molecule has 0 radical (unpaired) electrons. The molecule has 1 spiro atoms. The van der Waals surface area contributed by atoms with Gasteiger partial charge in [0.2, 0.25) is 0 Å². The molecular formula is C7H12N+. The molecule has 0 bridgehead atoms. The van der Waals surface area contributed by atoms with E-state index in [9.17, 15) is 0 Å². The van der Waals surface area contributed by atoms with Gasteiger partial charge in [-0.15, -0.1) is 0 Å². The maximum atomic E-state index is 2.38. The van der Waals surface area contributed by atoms with Gasteiger partial charge >= 0.3 is 0 Å². The van der Waals surface area contributed by atoms with Crippen LogP contribution >= 0.6 is 0 Å². The maximum absolute atomic E-state index is 2.38. The fourth-order valence-electron chi connectivity index (χ4n) is 2.99. The summed E-state index contributed by atoms with van der Waals surface area (Å²) in [6, 6.07) is 0. The number of hydrogen-bond donors (Lipinski definition) is 0. The van der Waals surface area contributed by atoms with Gasteiger partial charge in [0, 0.05) is 12.3 Å². The van der Waals surface area contributed by atoms with Crippen LogP contribution < -0.4 is 0 Å². The number of fused-ring (bicyclic) bond motifs is 1. The molecule has 44 valence electrons. The Morgan fingerprint density at radius 1 is 1.38 bits per heavy atom. The van der Waals surface area contributed by atoms with Crippen LogP contribution in [0.15, 0.2) is 0 Å². The lowest BCUT2D eigenvalue weighted by atomic mass is 9.99. The van der Waals surface area contributed by atoms with Gasteiger partial charge in [-0.05, 0) is 0 Å². The molecule has 1 heterocycles. The van der Waals surface area contributed by atoms with Crippen molar-refractivity contribution in [2.45, 2.75) is 12.0 Å². The predicted molar refractivity (Wildman–Crippen MR) is 31.3 cm³/mol. The molecular weight excluding hydrogens is 98.1 g/mol. The molecule has 3 aliphatic rings. The van der Waals surface area contributed by atoms with E-state index in [0.29, 0.717) is 0 Å². The van der Waals surface area contributed by atoms with Crippen LogP contribution in [0.3, 0.4) is 0 Å². The van der Waals surface area contributed by atoms with Crippen LogP contribution in [0.25, 0.3) is 0 Å². The van der Waals surface area contributed by atoms with Gasteiger partial charge in [-0.2, -0.15) is 0 Å². The van der Waals surface area contributed by atoms with Crippen molar-refractivity contribution in [3.63, 3.8) is 0 Å². The topological polar surface area (TPSA) is 0 Å². The lowest BCUT2D eigenvalue weighted by Crippen LogP contribution is -2.59. The fourth-order valence-corrected chi connectivity index (χ4v) is 2.99. The first-order chi connectivity index (χ1) is 3.68. The zero-order valence-corrected chi connectivity index (χ0v) is 5.52. The normalized spacial score (nSPS) is 69.8. The summed E-state index contributed by atoms with van der Waals surface area (Å²) in [5.74, 6) is 2.38. The summed E-state index contributed by atoms with van der Waals surface area (Å²) in [6.45, 7) is 1.48. The number of quaternary nitrogens is 1. The highest BCUT2D eigenvalue weighted by Gasteiger charge is 2.95. The lowest BCUT2D eigenvalue weighted by molar-refractivity contribution is -0.955. The number of piperidine rings is 1. The van der Waals surface area contributed by atoms with Crippen molar-refractivity contribution in [3.8, 4) is 0 Å². The predicted octanol–water partition coefficient (Wildman–Crippen LogP) is 0.465. The van der Waals surface area contributed by atoms with Crippen molar-refractivity contribution in [3.05, 3.63) is 0 Å². The number of likely N-dealkylation sites (tertiary alicyclic amines) is 1. The molecule has 3 unspecified atom stereocenters. The smallest absolute Gasteiger partial charge is 0.112 e. The molecule has 0 N–H and O–H groups in total. The lowest BCUT2D eigenvalue weighted by Gasteiger charge is -2.44. The zero-order chi connectivity index (χ0) is 5.57. The van der Waals surface area contributed by atoms with Crippen LogP contribution in [-0.4, -0.2) is 30.7 Å². The quantitative estimate of drug-likeness (QED) is 0.397. The molecule has 2 saturated carbocycles. The highest BCUT2D eigenvalue weighted by molar-refractivity contribution is 5.34. The zero-order valence-electron chi connectivity index (χ0n) is 5.52. The monoisotopic (exact) mass is 110 g/mol. The van der Waals surface area contributed by atoms with Crippen molar-refractivity contribution in [1.82, 2.24) is 0 Å². The van der Waals surface area contributed by atoms with Gasteiger partial charge in [0.25, 0.3) is 0 Å². The van der Waals surface area contributed by atoms with E-state index < -0.39 is 0 Å². The Labute approximate surface area is 49.9 Å². The van der Waals surface area contributed by atoms with Gasteiger partial charge in [0.1, 0.15) is 5.54 Å². The summed E-state index contributed by atoms with van der Waals surface area (Å²) in [4.78, 5) is 0. The molecule has 1 aliphatic heterocycles. The number of rotatable bonds is 0. The van der Waals surface area contributed by atoms with Crippen LogP contribution in [0, 0.1) is 11.8 Å². The van der Waals surface area contributed by atoms with Gasteiger partial charge in [0.05, 0.1) is 26.6 Å². The molecule has 1 saturated heterocycles. The molecule has 1 nitrogen and oxygen atoms in total. The highest BCUT2D eigenvalue weighted by Crippen LogP contribution is 2.83. The van der Waals surface area contributed by atoms with Crippen LogP contribution in [0.4, 0.5) is 0 Å². The standard InChI is InChI=1S/C7H12N/c1-8(2)4-6-5-3-7(5,6)8/h5-6H,3-4H2,1-2H3/q+1. The van der Waals surface area contributed by atoms with Gasteiger partial charge in [-0.25, -0.2) is 0 Å². The molecule has 3 rings (SSSR count). The summed E-state index contributed by atoms with van der Waals surface area (Å²) >= 11 is 0. The second-order valence-electron chi connectivity index (χ2n) is 4.28. The second-order valence-corrected chi connectivity index (χ2v) is 4.28. The van der Waals surface area contributed by atoms with Crippen LogP contribution in [-0.2, 0) is 0 Å². The maximum Gasteiger partial charge on any atom is 0.112 e. The molecule has 0 aromatic heterocycles. The Hall–Kier alpha value is -0.0400. The van der Waals surface area contributed by atoms with E-state index >= 15 is 0 Å². The molecule has 3 fully saturated rings. The summed E-state index contributed by atoms with van der Waals surface area (Å²) in [7, 11) is 4.76. The molecule has 2 aliphatic carbocycles. The second kappa shape index (κ2) is 0.621. The van der Waals surface area contributed by atoms with Crippen molar-refractivity contribution in [2.75, 3.05) is 20.6 Å². The van der Waals surface area contributed by atoms with Crippen molar-refractivity contribution in [2.24, 2.45) is 11.8 Å². The van der Waals surface area contributed by atoms with Gasteiger partial charge in [-0.3, -0.25) is 0 Å². The van der Waals surface area contributed by atoms with E-state index in [-0.39, 0.29) is 0 Å². The SMILES string of the molecule is C[N+]1(C)CC2C3CC321. The third kappa shape index (κ3) is 0.153. The Kier molecular flexibility index (Phi) is 0.302. The molecule has 0 aromatic carbocycles. The molecule has 8 heavy (non-hydrogen) atoms. The van der Waals surface area contributed by atoms with E-state index in [1.807, 2.05) is 0 Å². The minimum Gasteiger partial charge on any atom is -0.322 e. The minimum atomic E-state index is 0.889. The first-order valence-corrected chi connectivity index (χ1v) is 3.51. The third-order valence-corrected chi connectivity index (χ3v) is 3.83. The van der Waals surface area contributed by atoms with Gasteiger partial charge in [-0.1, -0.05) is 0 Å². The first kappa shape index (κ1) is 3.89. The number of nitrogens with zero attached hydrogens (tertiary/aromatic N) is 1. The van der Waals surface area contributed by atoms with Crippen LogP contribution in [0.1, 0.15) is 6.42 Å². The highest BCUT2D eigenvalue weighted by atomic mass is 15.5. The molecule has 3 atom stereocenters. The van der Waals surface area contributed by atoms with Gasteiger partial charge < -0.3 is 4.48 Å². The molecule has 1 heteroatoms. The Balaban J connectivity index is 2.07. The first-order valence-electron chi connectivity index (χ1n) is 3.51. The largest absolute Gasteiger partial charge is 0.322 e. The summed E-state index contributed by atoms with van der Waals surface area (Å²) in [5.41, 5.74) is 0.889. The summed E-state index contributed by atoms with van der Waals surface area (Å²) < 4.78 is 1.35. The average Bonchev–Trinajstić information content (AvgIpc) is 2.42. The van der Waals surface area contributed by atoms with E-state index in [2.05, 4.69) is 14.1 Å². The number of hydrogen-bond acceptors (Lipinski definition) is 0. The summed E-state index contributed by atoms with van der Waals surface area (Å²) in [5, 5.41) is 0. The van der Waals surface area contributed by atoms with Gasteiger partial charge in [0.15, 0.2) is 0 Å². The van der Waals surface area contributed by atoms with E-state index in [0.717, 1.165) is 5.54 Å². The Bertz CT molecular complexity index is 167.